The number of hydrogen-bond acceptors (Lipinski definition) is 4. The molecule has 0 aliphatic heterocycles. The topological polar surface area (TPSA) is 38.9 Å². The van der Waals surface area contributed by atoms with E-state index in [0.717, 1.165) is 22.6 Å². The minimum Gasteiger partial charge on any atom is -0.436 e. The van der Waals surface area contributed by atoms with Gasteiger partial charge in [-0.2, -0.15) is 0 Å². The molecule has 0 saturated carbocycles. The van der Waals surface area contributed by atoms with Crippen LogP contribution in [0, 0.1) is 0 Å². The summed E-state index contributed by atoms with van der Waals surface area (Å²) in [5.41, 5.74) is 1.73. The van der Waals surface area contributed by atoms with Gasteiger partial charge in [0.15, 0.2) is 5.58 Å². The van der Waals surface area contributed by atoms with Crippen molar-refractivity contribution in [1.82, 2.24) is 9.97 Å². The quantitative estimate of drug-likeness (QED) is 0.596. The molecule has 3 nitrogen and oxygen atoms in total. The Hall–Kier alpha value is -1.95. The Morgan fingerprint density at radius 3 is 2.91 bits per heavy atom. The third-order valence-electron chi connectivity index (χ3n) is 3.14. The number of benzene rings is 1. The summed E-state index contributed by atoms with van der Waals surface area (Å²) in [4.78, 5) is 9.46. The molecule has 0 aliphatic carbocycles. The van der Waals surface area contributed by atoms with Crippen LogP contribution in [0.3, 0.4) is 0 Å². The molecule has 0 saturated heterocycles. The van der Waals surface area contributed by atoms with Gasteiger partial charge in [-0.1, -0.05) is 6.92 Å². The van der Waals surface area contributed by atoms with Gasteiger partial charge in [0, 0.05) is 22.9 Å². The summed E-state index contributed by atoms with van der Waals surface area (Å²) in [6, 6.07) is 6.10. The normalized spacial score (nSPS) is 11.5. The molecule has 114 valence electrons. The second-order valence-electron chi connectivity index (χ2n) is 4.77. The molecule has 3 aromatic rings. The molecule has 0 fully saturated rings. The van der Waals surface area contributed by atoms with Crippen molar-refractivity contribution in [3.8, 4) is 11.5 Å². The lowest BCUT2D eigenvalue weighted by atomic mass is 10.2. The van der Waals surface area contributed by atoms with Gasteiger partial charge < -0.3 is 4.42 Å². The molecule has 0 N–H and O–H groups in total. The lowest BCUT2D eigenvalue weighted by Gasteiger charge is -2.03. The maximum absolute atomic E-state index is 12.8. The number of oxazole rings is 1. The molecule has 0 atom stereocenters. The van der Waals surface area contributed by atoms with Crippen LogP contribution in [0.5, 0.6) is 0 Å². The number of fused-ring (bicyclic) bond motifs is 1. The summed E-state index contributed by atoms with van der Waals surface area (Å²) in [5, 5.41) is 0. The SMILES string of the molecule is CCCSc1cnccc1-c1nc2cc(C(F)F)ccc2o1. The molecular weight excluding hydrogens is 306 g/mol. The van der Waals surface area contributed by atoms with Crippen molar-refractivity contribution in [2.24, 2.45) is 0 Å². The number of pyridine rings is 1. The summed E-state index contributed by atoms with van der Waals surface area (Å²) in [7, 11) is 0. The zero-order valence-electron chi connectivity index (χ0n) is 11.9. The molecule has 22 heavy (non-hydrogen) atoms. The highest BCUT2D eigenvalue weighted by molar-refractivity contribution is 7.99. The predicted octanol–water partition coefficient (Wildman–Crippen LogP) is 5.33. The maximum Gasteiger partial charge on any atom is 0.263 e. The molecule has 0 radical (unpaired) electrons. The Morgan fingerprint density at radius 2 is 2.14 bits per heavy atom. The fraction of sp³-hybridized carbons (Fsp3) is 0.250. The van der Waals surface area contributed by atoms with E-state index in [0.29, 0.717) is 17.0 Å². The van der Waals surface area contributed by atoms with Crippen molar-refractivity contribution in [1.29, 1.82) is 0 Å². The monoisotopic (exact) mass is 320 g/mol. The van der Waals surface area contributed by atoms with Crippen LogP contribution in [0.2, 0.25) is 0 Å². The molecular formula is C16H14F2N2OS. The van der Waals surface area contributed by atoms with Gasteiger partial charge >= 0.3 is 0 Å². The predicted molar refractivity (Wildman–Crippen MR) is 83.2 cm³/mol. The van der Waals surface area contributed by atoms with Gasteiger partial charge in [-0.25, -0.2) is 13.8 Å². The van der Waals surface area contributed by atoms with E-state index >= 15 is 0 Å². The lowest BCUT2D eigenvalue weighted by molar-refractivity contribution is 0.151. The summed E-state index contributed by atoms with van der Waals surface area (Å²) in [6.45, 7) is 2.11. The molecule has 0 aliphatic rings. The third-order valence-corrected chi connectivity index (χ3v) is 4.39. The van der Waals surface area contributed by atoms with Crippen LogP contribution < -0.4 is 0 Å². The molecule has 1 aromatic carbocycles. The molecule has 0 bridgehead atoms. The fourth-order valence-corrected chi connectivity index (χ4v) is 2.95. The lowest BCUT2D eigenvalue weighted by Crippen LogP contribution is -1.86. The van der Waals surface area contributed by atoms with Crippen molar-refractivity contribution in [3.05, 3.63) is 42.2 Å². The zero-order chi connectivity index (χ0) is 15.5. The van der Waals surface area contributed by atoms with E-state index in [1.54, 1.807) is 24.2 Å². The first-order chi connectivity index (χ1) is 10.7. The van der Waals surface area contributed by atoms with Crippen LogP contribution >= 0.6 is 11.8 Å². The minimum absolute atomic E-state index is 0.0531. The molecule has 2 heterocycles. The van der Waals surface area contributed by atoms with E-state index in [1.165, 1.54) is 18.2 Å². The first-order valence-corrected chi connectivity index (χ1v) is 7.93. The van der Waals surface area contributed by atoms with Crippen LogP contribution in [-0.4, -0.2) is 15.7 Å². The number of rotatable bonds is 5. The highest BCUT2D eigenvalue weighted by atomic mass is 32.2. The maximum atomic E-state index is 12.8. The molecule has 0 amide bonds. The number of halogens is 2. The third kappa shape index (κ3) is 2.97. The van der Waals surface area contributed by atoms with Gasteiger partial charge in [-0.15, -0.1) is 11.8 Å². The summed E-state index contributed by atoms with van der Waals surface area (Å²) in [6.07, 6.45) is 1.98. The highest BCUT2D eigenvalue weighted by Crippen LogP contribution is 2.33. The number of nitrogens with zero attached hydrogens (tertiary/aromatic N) is 2. The van der Waals surface area contributed by atoms with E-state index in [-0.39, 0.29) is 5.56 Å². The Bertz CT molecular complexity index is 789. The second-order valence-corrected chi connectivity index (χ2v) is 5.90. The molecule has 2 aromatic heterocycles. The van der Waals surface area contributed by atoms with E-state index in [9.17, 15) is 8.78 Å². The van der Waals surface area contributed by atoms with Crippen molar-refractivity contribution in [2.75, 3.05) is 5.75 Å². The smallest absolute Gasteiger partial charge is 0.263 e. The first kappa shape index (κ1) is 15.0. The Labute approximate surface area is 130 Å². The number of thioether (sulfide) groups is 1. The standard InChI is InChI=1S/C16H14F2N2OS/c1-2-7-22-14-9-19-6-5-11(14)16-20-12-8-10(15(17)18)3-4-13(12)21-16/h3-6,8-9,15H,2,7H2,1H3. The van der Waals surface area contributed by atoms with Crippen molar-refractivity contribution in [3.63, 3.8) is 0 Å². The van der Waals surface area contributed by atoms with Gasteiger partial charge in [0.2, 0.25) is 5.89 Å². The minimum atomic E-state index is -2.51. The zero-order valence-corrected chi connectivity index (χ0v) is 12.7. The average Bonchev–Trinajstić information content (AvgIpc) is 2.96. The Balaban J connectivity index is 2.03. The van der Waals surface area contributed by atoms with Crippen molar-refractivity contribution in [2.45, 2.75) is 24.7 Å². The van der Waals surface area contributed by atoms with Crippen LogP contribution in [0.1, 0.15) is 25.3 Å². The van der Waals surface area contributed by atoms with Crippen LogP contribution in [0.25, 0.3) is 22.6 Å². The first-order valence-electron chi connectivity index (χ1n) is 6.95. The number of hydrogen-bond donors (Lipinski definition) is 0. The van der Waals surface area contributed by atoms with Crippen LogP contribution in [0.15, 0.2) is 46.0 Å². The Kier molecular flexibility index (Phi) is 4.38. The van der Waals surface area contributed by atoms with E-state index < -0.39 is 6.43 Å². The van der Waals surface area contributed by atoms with E-state index in [2.05, 4.69) is 16.9 Å². The number of alkyl halides is 2. The van der Waals surface area contributed by atoms with Crippen molar-refractivity contribution >= 4 is 22.9 Å². The molecule has 6 heteroatoms. The average molecular weight is 320 g/mol. The van der Waals surface area contributed by atoms with Crippen LogP contribution in [-0.2, 0) is 0 Å². The molecule has 0 unspecified atom stereocenters. The second kappa shape index (κ2) is 6.44. The summed E-state index contributed by atoms with van der Waals surface area (Å²) < 4.78 is 31.2. The van der Waals surface area contributed by atoms with Gasteiger partial charge in [-0.3, -0.25) is 4.98 Å². The summed E-state index contributed by atoms with van der Waals surface area (Å²) in [5.74, 6) is 1.40. The number of aromatic nitrogens is 2. The molecule has 3 rings (SSSR count). The summed E-state index contributed by atoms with van der Waals surface area (Å²) >= 11 is 1.68. The highest BCUT2D eigenvalue weighted by Gasteiger charge is 2.15. The van der Waals surface area contributed by atoms with Crippen molar-refractivity contribution < 1.29 is 13.2 Å². The van der Waals surface area contributed by atoms with E-state index in [4.69, 9.17) is 4.42 Å². The van der Waals surface area contributed by atoms with Gasteiger partial charge in [-0.05, 0) is 36.4 Å². The largest absolute Gasteiger partial charge is 0.436 e. The van der Waals surface area contributed by atoms with Gasteiger partial charge in [0.25, 0.3) is 6.43 Å². The Morgan fingerprint density at radius 1 is 1.27 bits per heavy atom. The molecule has 0 spiro atoms. The van der Waals surface area contributed by atoms with E-state index in [1.807, 2.05) is 6.07 Å². The van der Waals surface area contributed by atoms with Gasteiger partial charge in [0.1, 0.15) is 5.52 Å². The van der Waals surface area contributed by atoms with Gasteiger partial charge in [0.05, 0.1) is 5.56 Å². The van der Waals surface area contributed by atoms with Crippen LogP contribution in [0.4, 0.5) is 8.78 Å². The fourth-order valence-electron chi connectivity index (χ4n) is 2.08.